The summed E-state index contributed by atoms with van der Waals surface area (Å²) in [7, 11) is 0. The third-order valence-electron chi connectivity index (χ3n) is 1.79. The lowest BCUT2D eigenvalue weighted by molar-refractivity contribution is -0.139. The maximum absolute atomic E-state index is 12.5. The first-order valence-electron chi connectivity index (χ1n) is 3.92. The van der Waals surface area contributed by atoms with Gasteiger partial charge in [-0.05, 0) is 22.6 Å². The molecule has 0 bridgehead atoms. The highest BCUT2D eigenvalue weighted by molar-refractivity contribution is 14.1. The molecule has 1 rings (SSSR count). The molecule has 16 heavy (non-hydrogen) atoms. The number of aliphatic hydroxyl groups is 1. The van der Waals surface area contributed by atoms with Crippen molar-refractivity contribution in [3.8, 4) is 0 Å². The molecule has 0 radical (unpaired) electrons. The summed E-state index contributed by atoms with van der Waals surface area (Å²) in [5, 5.41) is 8.68. The fourth-order valence-electron chi connectivity index (χ4n) is 1.10. The Hall–Kier alpha value is -0.510. The van der Waals surface area contributed by atoms with Crippen molar-refractivity contribution in [2.75, 3.05) is 0 Å². The van der Waals surface area contributed by atoms with E-state index in [4.69, 9.17) is 5.11 Å². The minimum absolute atomic E-state index is 0.626. The Balaban J connectivity index is 3.47. The second-order valence-electron chi connectivity index (χ2n) is 2.81. The summed E-state index contributed by atoms with van der Waals surface area (Å²) in [6.45, 7) is -0.950. The number of pyridine rings is 1. The fraction of sp³-hybridized carbons (Fsp3) is 0.375. The molecular formula is C8H5F5INO. The van der Waals surface area contributed by atoms with E-state index in [1.807, 2.05) is 0 Å². The summed E-state index contributed by atoms with van der Waals surface area (Å²) >= 11 is 1.18. The zero-order valence-electron chi connectivity index (χ0n) is 7.52. The molecule has 0 aliphatic heterocycles. The highest BCUT2D eigenvalue weighted by atomic mass is 127. The second-order valence-corrected chi connectivity index (χ2v) is 3.88. The van der Waals surface area contributed by atoms with E-state index in [1.165, 1.54) is 22.6 Å². The summed E-state index contributed by atoms with van der Waals surface area (Å²) < 4.78 is 61.7. The molecule has 2 nitrogen and oxygen atoms in total. The van der Waals surface area contributed by atoms with E-state index in [0.29, 0.717) is 6.20 Å². The van der Waals surface area contributed by atoms with Crippen molar-refractivity contribution in [2.24, 2.45) is 0 Å². The minimum Gasteiger partial charge on any atom is -0.390 e. The number of halogens is 6. The van der Waals surface area contributed by atoms with Crippen molar-refractivity contribution in [2.45, 2.75) is 19.2 Å². The fourth-order valence-corrected chi connectivity index (χ4v) is 2.09. The van der Waals surface area contributed by atoms with Crippen molar-refractivity contribution >= 4 is 22.6 Å². The van der Waals surface area contributed by atoms with Crippen molar-refractivity contribution < 1.29 is 27.1 Å². The molecule has 0 saturated heterocycles. The third-order valence-corrected chi connectivity index (χ3v) is 2.95. The van der Waals surface area contributed by atoms with Gasteiger partial charge in [0.15, 0.2) is 0 Å². The van der Waals surface area contributed by atoms with Gasteiger partial charge in [0.05, 0.1) is 23.4 Å². The van der Waals surface area contributed by atoms with E-state index < -0.39 is 39.6 Å². The molecule has 0 aliphatic carbocycles. The van der Waals surface area contributed by atoms with Gasteiger partial charge in [0.1, 0.15) is 0 Å². The van der Waals surface area contributed by atoms with Gasteiger partial charge in [-0.15, -0.1) is 0 Å². The Kier molecular flexibility index (Phi) is 4.05. The van der Waals surface area contributed by atoms with Crippen molar-refractivity contribution in [1.82, 2.24) is 4.98 Å². The van der Waals surface area contributed by atoms with Crippen LogP contribution in [0.3, 0.4) is 0 Å². The van der Waals surface area contributed by atoms with E-state index >= 15 is 0 Å². The van der Waals surface area contributed by atoms with Crippen molar-refractivity contribution in [3.63, 3.8) is 0 Å². The Bertz CT molecular complexity index is 393. The average Bonchev–Trinajstić information content (AvgIpc) is 2.14. The van der Waals surface area contributed by atoms with Crippen LogP contribution in [0.2, 0.25) is 0 Å². The zero-order valence-corrected chi connectivity index (χ0v) is 9.68. The molecule has 1 N–H and O–H groups in total. The Morgan fingerprint density at radius 3 is 2.31 bits per heavy atom. The van der Waals surface area contributed by atoms with Crippen LogP contribution in [0.15, 0.2) is 6.20 Å². The van der Waals surface area contributed by atoms with E-state index in [0.717, 1.165) is 0 Å². The summed E-state index contributed by atoms with van der Waals surface area (Å²) in [6, 6.07) is 0. The summed E-state index contributed by atoms with van der Waals surface area (Å²) in [5.74, 6) is 0. The highest BCUT2D eigenvalue weighted by Crippen LogP contribution is 2.38. The molecule has 0 spiro atoms. The van der Waals surface area contributed by atoms with Crippen molar-refractivity contribution in [3.05, 3.63) is 26.6 Å². The topological polar surface area (TPSA) is 33.1 Å². The molecule has 1 heterocycles. The van der Waals surface area contributed by atoms with Crippen molar-refractivity contribution in [1.29, 1.82) is 0 Å². The van der Waals surface area contributed by atoms with E-state index in [9.17, 15) is 22.0 Å². The lowest BCUT2D eigenvalue weighted by Gasteiger charge is -2.15. The zero-order chi connectivity index (χ0) is 12.5. The SMILES string of the molecule is OCc1ncc(C(F)F)c(I)c1C(F)(F)F. The van der Waals surface area contributed by atoms with Crippen LogP contribution >= 0.6 is 22.6 Å². The number of rotatable bonds is 2. The van der Waals surface area contributed by atoms with Crippen LogP contribution in [0.25, 0.3) is 0 Å². The Morgan fingerprint density at radius 1 is 1.38 bits per heavy atom. The van der Waals surface area contributed by atoms with Crippen LogP contribution in [0, 0.1) is 3.57 Å². The number of alkyl halides is 5. The van der Waals surface area contributed by atoms with Crippen LogP contribution in [0.1, 0.15) is 23.2 Å². The second kappa shape index (κ2) is 4.78. The number of aromatic nitrogens is 1. The first-order chi connectivity index (χ1) is 7.29. The molecular weight excluding hydrogens is 348 g/mol. The molecule has 0 unspecified atom stereocenters. The molecule has 1 aromatic rings. The lowest BCUT2D eigenvalue weighted by atomic mass is 10.1. The summed E-state index contributed by atoms with van der Waals surface area (Å²) in [5.41, 5.74) is -2.74. The molecule has 8 heteroatoms. The van der Waals surface area contributed by atoms with Gasteiger partial charge < -0.3 is 5.11 Å². The van der Waals surface area contributed by atoms with E-state index in [2.05, 4.69) is 4.98 Å². The minimum atomic E-state index is -4.81. The predicted octanol–water partition coefficient (Wildman–Crippen LogP) is 3.13. The molecule has 90 valence electrons. The standard InChI is InChI=1S/C8H5F5INO/c9-7(10)3-1-15-4(2-16)5(6(3)14)8(11,12)13/h1,7,16H,2H2. The summed E-state index contributed by atoms with van der Waals surface area (Å²) in [4.78, 5) is 3.19. The number of aliphatic hydroxyl groups excluding tert-OH is 1. The van der Waals surface area contributed by atoms with Crippen LogP contribution in [0.5, 0.6) is 0 Å². The normalized spacial score (nSPS) is 12.2. The Morgan fingerprint density at radius 2 is 1.94 bits per heavy atom. The van der Waals surface area contributed by atoms with Gasteiger partial charge >= 0.3 is 6.18 Å². The van der Waals surface area contributed by atoms with Gasteiger partial charge in [-0.1, -0.05) is 0 Å². The van der Waals surface area contributed by atoms with E-state index in [1.54, 1.807) is 0 Å². The number of hydrogen-bond donors (Lipinski definition) is 1. The van der Waals surface area contributed by atoms with E-state index in [-0.39, 0.29) is 0 Å². The first kappa shape index (κ1) is 13.6. The third kappa shape index (κ3) is 2.59. The van der Waals surface area contributed by atoms with Gasteiger partial charge in [0, 0.05) is 9.77 Å². The molecule has 0 atom stereocenters. The first-order valence-corrected chi connectivity index (χ1v) is 5.00. The average molecular weight is 353 g/mol. The predicted molar refractivity (Wildman–Crippen MR) is 52.8 cm³/mol. The smallest absolute Gasteiger partial charge is 0.390 e. The number of hydrogen-bond acceptors (Lipinski definition) is 2. The van der Waals surface area contributed by atoms with Crippen LogP contribution in [-0.4, -0.2) is 10.1 Å². The van der Waals surface area contributed by atoms with Gasteiger partial charge in [-0.25, -0.2) is 8.78 Å². The van der Waals surface area contributed by atoms with Crippen LogP contribution in [-0.2, 0) is 12.8 Å². The highest BCUT2D eigenvalue weighted by Gasteiger charge is 2.38. The Labute approximate surface area is 101 Å². The molecule has 0 aromatic carbocycles. The van der Waals surface area contributed by atoms with Crippen LogP contribution < -0.4 is 0 Å². The monoisotopic (exact) mass is 353 g/mol. The molecule has 0 aliphatic rings. The largest absolute Gasteiger partial charge is 0.419 e. The quantitative estimate of drug-likeness (QED) is 0.655. The molecule has 0 fully saturated rings. The van der Waals surface area contributed by atoms with Gasteiger partial charge in [0.25, 0.3) is 6.43 Å². The lowest BCUT2D eigenvalue weighted by Crippen LogP contribution is -2.15. The van der Waals surface area contributed by atoms with Gasteiger partial charge in [0.2, 0.25) is 0 Å². The maximum Gasteiger partial charge on any atom is 0.419 e. The van der Waals surface area contributed by atoms with Gasteiger partial charge in [-0.2, -0.15) is 13.2 Å². The maximum atomic E-state index is 12.5. The number of nitrogens with zero attached hydrogens (tertiary/aromatic N) is 1. The molecule has 0 amide bonds. The summed E-state index contributed by atoms with van der Waals surface area (Å²) in [6.07, 6.45) is -7.20. The van der Waals surface area contributed by atoms with Gasteiger partial charge in [-0.3, -0.25) is 4.98 Å². The molecule has 0 saturated carbocycles. The van der Waals surface area contributed by atoms with Crippen LogP contribution in [0.4, 0.5) is 22.0 Å². The molecule has 1 aromatic heterocycles.